The number of rotatable bonds is 4. The van der Waals surface area contributed by atoms with Gasteiger partial charge in [0.15, 0.2) is 14.0 Å². The average molecular weight is 479 g/mol. The van der Waals surface area contributed by atoms with Crippen LogP contribution in [-0.2, 0) is 22.0 Å². The van der Waals surface area contributed by atoms with Crippen molar-refractivity contribution in [2.75, 3.05) is 6.61 Å². The molecule has 2 rings (SSSR count). The summed E-state index contributed by atoms with van der Waals surface area (Å²) in [6.45, 7) is 13.4. The molecular formula is C17H25Br2NO3Si. The summed E-state index contributed by atoms with van der Waals surface area (Å²) >= 11 is 7.07. The number of carbonyl (C=O) groups excluding carboxylic acids is 1. The number of esters is 1. The first-order valence-corrected chi connectivity index (χ1v) is 12.7. The van der Waals surface area contributed by atoms with E-state index in [1.165, 1.54) is 0 Å². The number of fused-ring (bicyclic) bond motifs is 1. The summed E-state index contributed by atoms with van der Waals surface area (Å²) in [5, 5.41) is 0.171. The Morgan fingerprint density at radius 1 is 1.25 bits per heavy atom. The molecule has 7 heteroatoms. The zero-order valence-corrected chi connectivity index (χ0v) is 19.3. The molecule has 1 aliphatic carbocycles. The predicted octanol–water partition coefficient (Wildman–Crippen LogP) is 5.27. The van der Waals surface area contributed by atoms with Gasteiger partial charge in [0.2, 0.25) is 0 Å². The van der Waals surface area contributed by atoms with E-state index in [0.717, 1.165) is 28.4 Å². The molecule has 1 aromatic rings. The van der Waals surface area contributed by atoms with Crippen molar-refractivity contribution in [3.63, 3.8) is 0 Å². The van der Waals surface area contributed by atoms with E-state index in [-0.39, 0.29) is 11.1 Å². The van der Waals surface area contributed by atoms with Gasteiger partial charge in [-0.05, 0) is 74.5 Å². The number of ether oxygens (including phenoxy) is 1. The molecule has 1 aliphatic rings. The van der Waals surface area contributed by atoms with Gasteiger partial charge in [-0.3, -0.25) is 0 Å². The molecule has 1 atom stereocenters. The molecule has 0 N–H and O–H groups in total. The lowest BCUT2D eigenvalue weighted by Crippen LogP contribution is -2.44. The normalized spacial score (nSPS) is 17.8. The molecule has 0 aromatic carbocycles. The van der Waals surface area contributed by atoms with Crippen LogP contribution in [0.4, 0.5) is 0 Å². The number of aromatic nitrogens is 1. The fraction of sp³-hybridized carbons (Fsp3) is 0.647. The maximum Gasteiger partial charge on any atom is 0.358 e. The standard InChI is InChI=1S/C17H25Br2NO3Si/c1-7-22-16(21)14-13(18)11-8-10(9-12(11)15(19)20-14)23-24(5,6)17(2,3)4/h10H,7-9H2,1-6H3. The van der Waals surface area contributed by atoms with Gasteiger partial charge in [0, 0.05) is 6.42 Å². The zero-order chi connectivity index (χ0) is 18.3. The Hall–Kier alpha value is -0.243. The second kappa shape index (κ2) is 7.17. The SMILES string of the molecule is CCOC(=O)c1nc(Br)c2c(c1Br)CC(O[Si](C)(C)C(C)(C)C)C2. The number of hydrogen-bond donors (Lipinski definition) is 0. The van der Waals surface area contributed by atoms with Crippen LogP contribution in [0.2, 0.25) is 18.1 Å². The number of pyridine rings is 1. The lowest BCUT2D eigenvalue weighted by Gasteiger charge is -2.38. The number of halogens is 2. The minimum Gasteiger partial charge on any atom is -0.461 e. The molecule has 1 heterocycles. The van der Waals surface area contributed by atoms with Gasteiger partial charge in [0.25, 0.3) is 0 Å². The molecule has 0 radical (unpaired) electrons. The maximum atomic E-state index is 12.1. The van der Waals surface area contributed by atoms with Gasteiger partial charge in [-0.25, -0.2) is 9.78 Å². The van der Waals surface area contributed by atoms with Crippen LogP contribution in [0.5, 0.6) is 0 Å². The molecule has 0 saturated carbocycles. The van der Waals surface area contributed by atoms with Gasteiger partial charge in [-0.15, -0.1) is 0 Å². The predicted molar refractivity (Wildman–Crippen MR) is 105 cm³/mol. The first-order valence-electron chi connectivity index (χ1n) is 8.19. The molecule has 0 amide bonds. The second-order valence-electron chi connectivity index (χ2n) is 7.65. The molecule has 0 aliphatic heterocycles. The zero-order valence-electron chi connectivity index (χ0n) is 15.1. The van der Waals surface area contributed by atoms with E-state index in [9.17, 15) is 4.79 Å². The highest BCUT2D eigenvalue weighted by Crippen LogP contribution is 2.41. The third-order valence-electron chi connectivity index (χ3n) is 4.90. The van der Waals surface area contributed by atoms with E-state index in [1.807, 2.05) is 0 Å². The van der Waals surface area contributed by atoms with Crippen LogP contribution in [0, 0.1) is 0 Å². The van der Waals surface area contributed by atoms with Crippen LogP contribution in [0.15, 0.2) is 9.08 Å². The van der Waals surface area contributed by atoms with E-state index < -0.39 is 14.3 Å². The minimum atomic E-state index is -1.83. The first kappa shape index (κ1) is 20.1. The topological polar surface area (TPSA) is 48.4 Å². The van der Waals surface area contributed by atoms with Crippen molar-refractivity contribution in [2.24, 2.45) is 0 Å². The maximum absolute atomic E-state index is 12.1. The van der Waals surface area contributed by atoms with Gasteiger partial charge in [-0.1, -0.05) is 20.8 Å². The van der Waals surface area contributed by atoms with E-state index in [4.69, 9.17) is 9.16 Å². The van der Waals surface area contributed by atoms with Crippen molar-refractivity contribution in [3.8, 4) is 0 Å². The molecule has 0 bridgehead atoms. The van der Waals surface area contributed by atoms with Crippen molar-refractivity contribution < 1.29 is 14.0 Å². The van der Waals surface area contributed by atoms with Crippen LogP contribution >= 0.6 is 31.9 Å². The van der Waals surface area contributed by atoms with Crippen LogP contribution < -0.4 is 0 Å². The average Bonchev–Trinajstić information content (AvgIpc) is 2.85. The van der Waals surface area contributed by atoms with E-state index in [2.05, 4.69) is 70.7 Å². The monoisotopic (exact) mass is 477 g/mol. The molecule has 1 aromatic heterocycles. The summed E-state index contributed by atoms with van der Waals surface area (Å²) in [5.74, 6) is -0.401. The molecule has 1 unspecified atom stereocenters. The first-order chi connectivity index (χ1) is 11.0. The molecule has 0 spiro atoms. The van der Waals surface area contributed by atoms with Crippen LogP contribution in [-0.4, -0.2) is 32.0 Å². The third-order valence-corrected chi connectivity index (χ3v) is 10.9. The Kier molecular flexibility index (Phi) is 6.00. The summed E-state index contributed by atoms with van der Waals surface area (Å²) in [6, 6.07) is 0. The van der Waals surface area contributed by atoms with Crippen molar-refractivity contribution in [1.29, 1.82) is 0 Å². The lowest BCUT2D eigenvalue weighted by molar-refractivity contribution is 0.0518. The summed E-state index contributed by atoms with van der Waals surface area (Å²) < 4.78 is 13.1. The summed E-state index contributed by atoms with van der Waals surface area (Å²) in [4.78, 5) is 16.5. The fourth-order valence-electron chi connectivity index (χ4n) is 2.57. The fourth-order valence-corrected chi connectivity index (χ4v) is 5.16. The van der Waals surface area contributed by atoms with Gasteiger partial charge in [0.1, 0.15) is 4.60 Å². The smallest absolute Gasteiger partial charge is 0.358 e. The van der Waals surface area contributed by atoms with Gasteiger partial charge >= 0.3 is 5.97 Å². The quantitative estimate of drug-likeness (QED) is 0.336. The Balaban J connectivity index is 2.28. The number of hydrogen-bond acceptors (Lipinski definition) is 4. The molecule has 0 saturated heterocycles. The molecule has 0 fully saturated rings. The highest BCUT2D eigenvalue weighted by Gasteiger charge is 2.41. The molecular weight excluding hydrogens is 454 g/mol. The Morgan fingerprint density at radius 3 is 2.38 bits per heavy atom. The molecule has 4 nitrogen and oxygen atoms in total. The van der Waals surface area contributed by atoms with E-state index in [0.29, 0.717) is 16.9 Å². The summed E-state index contributed by atoms with van der Waals surface area (Å²) in [7, 11) is -1.83. The van der Waals surface area contributed by atoms with E-state index >= 15 is 0 Å². The Labute approximate surface area is 162 Å². The molecule has 134 valence electrons. The summed E-state index contributed by atoms with van der Waals surface area (Å²) in [5.41, 5.74) is 2.55. The number of carbonyl (C=O) groups is 1. The van der Waals surface area contributed by atoms with Crippen molar-refractivity contribution in [2.45, 2.75) is 64.8 Å². The van der Waals surface area contributed by atoms with Crippen molar-refractivity contribution in [1.82, 2.24) is 4.98 Å². The van der Waals surface area contributed by atoms with Crippen LogP contribution in [0.25, 0.3) is 0 Å². The van der Waals surface area contributed by atoms with Gasteiger partial charge in [0.05, 0.1) is 17.2 Å². The highest BCUT2D eigenvalue weighted by molar-refractivity contribution is 9.11. The summed E-state index contributed by atoms with van der Waals surface area (Å²) in [6.07, 6.45) is 1.74. The van der Waals surface area contributed by atoms with Crippen molar-refractivity contribution >= 4 is 46.1 Å². The second-order valence-corrected chi connectivity index (χ2v) is 14.0. The van der Waals surface area contributed by atoms with Crippen molar-refractivity contribution in [3.05, 3.63) is 25.9 Å². The Bertz CT molecular complexity index is 656. The van der Waals surface area contributed by atoms with E-state index in [1.54, 1.807) is 6.92 Å². The largest absolute Gasteiger partial charge is 0.461 e. The van der Waals surface area contributed by atoms with Gasteiger partial charge in [-0.2, -0.15) is 0 Å². The minimum absolute atomic E-state index is 0.132. The Morgan fingerprint density at radius 2 is 1.83 bits per heavy atom. The van der Waals surface area contributed by atoms with Gasteiger partial charge < -0.3 is 9.16 Å². The third kappa shape index (κ3) is 3.94. The van der Waals surface area contributed by atoms with Crippen LogP contribution in [0.1, 0.15) is 49.3 Å². The highest BCUT2D eigenvalue weighted by atomic mass is 79.9. The molecule has 24 heavy (non-hydrogen) atoms. The van der Waals surface area contributed by atoms with Crippen LogP contribution in [0.3, 0.4) is 0 Å². The number of nitrogens with zero attached hydrogens (tertiary/aromatic N) is 1. The lowest BCUT2D eigenvalue weighted by atomic mass is 10.1.